The van der Waals surface area contributed by atoms with Gasteiger partial charge in [-0.1, -0.05) is 24.3 Å². The summed E-state index contributed by atoms with van der Waals surface area (Å²) in [6.07, 6.45) is 2.54. The SMILES string of the molecule is C=CCCOc1cc2ccccc2c(=O)[nH]1. The highest BCUT2D eigenvalue weighted by molar-refractivity contribution is 5.82. The lowest BCUT2D eigenvalue weighted by molar-refractivity contribution is 0.312. The Kier molecular flexibility index (Phi) is 3.05. The third-order valence-corrected chi connectivity index (χ3v) is 2.31. The van der Waals surface area contributed by atoms with Gasteiger partial charge in [0.2, 0.25) is 0 Å². The quantitative estimate of drug-likeness (QED) is 0.629. The first-order valence-corrected chi connectivity index (χ1v) is 5.17. The molecule has 0 atom stereocenters. The first kappa shape index (κ1) is 10.5. The molecule has 0 aliphatic rings. The Morgan fingerprint density at radius 3 is 3.00 bits per heavy atom. The van der Waals surface area contributed by atoms with Gasteiger partial charge in [0.1, 0.15) is 0 Å². The van der Waals surface area contributed by atoms with Gasteiger partial charge >= 0.3 is 0 Å². The average Bonchev–Trinajstić information content (AvgIpc) is 2.30. The lowest BCUT2D eigenvalue weighted by Gasteiger charge is -2.05. The summed E-state index contributed by atoms with van der Waals surface area (Å²) in [6.45, 7) is 4.13. The van der Waals surface area contributed by atoms with E-state index in [-0.39, 0.29) is 5.56 Å². The van der Waals surface area contributed by atoms with Gasteiger partial charge in [-0.05, 0) is 17.9 Å². The van der Waals surface area contributed by atoms with Gasteiger partial charge < -0.3 is 4.74 Å². The molecule has 2 aromatic rings. The molecule has 0 unspecified atom stereocenters. The fourth-order valence-electron chi connectivity index (χ4n) is 1.52. The highest BCUT2D eigenvalue weighted by Gasteiger charge is 2.01. The highest BCUT2D eigenvalue weighted by atomic mass is 16.5. The van der Waals surface area contributed by atoms with Crippen LogP contribution in [0.4, 0.5) is 0 Å². The molecular formula is C13H13NO2. The van der Waals surface area contributed by atoms with Crippen molar-refractivity contribution in [1.29, 1.82) is 0 Å². The number of aromatic nitrogens is 1. The minimum absolute atomic E-state index is 0.119. The molecule has 1 heterocycles. The Balaban J connectivity index is 2.34. The first-order valence-electron chi connectivity index (χ1n) is 5.17. The zero-order chi connectivity index (χ0) is 11.4. The zero-order valence-electron chi connectivity index (χ0n) is 8.90. The van der Waals surface area contributed by atoms with Crippen molar-refractivity contribution in [3.8, 4) is 5.88 Å². The minimum Gasteiger partial charge on any atom is -0.479 e. The van der Waals surface area contributed by atoms with E-state index in [0.717, 1.165) is 11.8 Å². The number of nitrogens with one attached hydrogen (secondary N) is 1. The summed E-state index contributed by atoms with van der Waals surface area (Å²) in [4.78, 5) is 14.4. The third kappa shape index (κ3) is 2.14. The maximum absolute atomic E-state index is 11.7. The Morgan fingerprint density at radius 1 is 1.38 bits per heavy atom. The summed E-state index contributed by atoms with van der Waals surface area (Å²) in [6, 6.07) is 9.26. The van der Waals surface area contributed by atoms with Crippen LogP contribution in [0, 0.1) is 0 Å². The number of ether oxygens (including phenoxy) is 1. The topological polar surface area (TPSA) is 42.1 Å². The molecule has 0 amide bonds. The monoisotopic (exact) mass is 215 g/mol. The normalized spacial score (nSPS) is 10.2. The van der Waals surface area contributed by atoms with Crippen molar-refractivity contribution in [2.45, 2.75) is 6.42 Å². The fourth-order valence-corrected chi connectivity index (χ4v) is 1.52. The van der Waals surface area contributed by atoms with Crippen molar-refractivity contribution in [3.63, 3.8) is 0 Å². The van der Waals surface area contributed by atoms with Crippen molar-refractivity contribution in [2.75, 3.05) is 6.61 Å². The van der Waals surface area contributed by atoms with Crippen LogP contribution in [0.2, 0.25) is 0 Å². The standard InChI is InChI=1S/C13H13NO2/c1-2-3-8-16-12-9-10-6-4-5-7-11(10)13(15)14-12/h2,4-7,9H,1,3,8H2,(H,14,15). The van der Waals surface area contributed by atoms with E-state index in [1.807, 2.05) is 24.3 Å². The van der Waals surface area contributed by atoms with Crippen LogP contribution in [0.25, 0.3) is 10.8 Å². The Morgan fingerprint density at radius 2 is 2.19 bits per heavy atom. The van der Waals surface area contributed by atoms with E-state index < -0.39 is 0 Å². The van der Waals surface area contributed by atoms with Crippen LogP contribution in [0.3, 0.4) is 0 Å². The molecule has 0 radical (unpaired) electrons. The Labute approximate surface area is 93.4 Å². The number of hydrogen-bond acceptors (Lipinski definition) is 2. The molecule has 0 aliphatic carbocycles. The summed E-state index contributed by atoms with van der Waals surface area (Å²) in [5.74, 6) is 0.505. The van der Waals surface area contributed by atoms with Crippen molar-refractivity contribution in [1.82, 2.24) is 4.98 Å². The second-order valence-corrected chi connectivity index (χ2v) is 3.48. The fraction of sp³-hybridized carbons (Fsp3) is 0.154. The summed E-state index contributed by atoms with van der Waals surface area (Å²) in [5, 5.41) is 1.57. The molecule has 16 heavy (non-hydrogen) atoms. The smallest absolute Gasteiger partial charge is 0.258 e. The number of hydrogen-bond donors (Lipinski definition) is 1. The van der Waals surface area contributed by atoms with E-state index in [4.69, 9.17) is 4.74 Å². The molecular weight excluding hydrogens is 202 g/mol. The molecule has 3 heteroatoms. The molecule has 0 saturated carbocycles. The molecule has 82 valence electrons. The molecule has 1 aromatic heterocycles. The number of benzene rings is 1. The second kappa shape index (κ2) is 4.66. The van der Waals surface area contributed by atoms with Gasteiger partial charge in [-0.3, -0.25) is 9.78 Å². The van der Waals surface area contributed by atoms with Crippen molar-refractivity contribution in [2.24, 2.45) is 0 Å². The van der Waals surface area contributed by atoms with Crippen LogP contribution in [0.15, 0.2) is 47.8 Å². The zero-order valence-corrected chi connectivity index (χ0v) is 8.90. The van der Waals surface area contributed by atoms with E-state index in [1.54, 1.807) is 12.1 Å². The molecule has 0 fully saturated rings. The van der Waals surface area contributed by atoms with Crippen LogP contribution in [-0.4, -0.2) is 11.6 Å². The first-order chi connectivity index (χ1) is 7.81. The highest BCUT2D eigenvalue weighted by Crippen LogP contribution is 2.14. The molecule has 3 nitrogen and oxygen atoms in total. The van der Waals surface area contributed by atoms with Crippen molar-refractivity contribution < 1.29 is 4.74 Å². The molecule has 0 bridgehead atoms. The van der Waals surface area contributed by atoms with Crippen LogP contribution in [0.1, 0.15) is 6.42 Å². The van der Waals surface area contributed by atoms with Gasteiger partial charge in [-0.15, -0.1) is 6.58 Å². The predicted molar refractivity (Wildman–Crippen MR) is 64.9 cm³/mol. The van der Waals surface area contributed by atoms with Crippen LogP contribution >= 0.6 is 0 Å². The van der Waals surface area contributed by atoms with E-state index in [1.165, 1.54) is 0 Å². The van der Waals surface area contributed by atoms with E-state index in [2.05, 4.69) is 11.6 Å². The van der Waals surface area contributed by atoms with Gasteiger partial charge in [0.25, 0.3) is 5.56 Å². The molecule has 0 saturated heterocycles. The van der Waals surface area contributed by atoms with Gasteiger partial charge in [0, 0.05) is 11.5 Å². The van der Waals surface area contributed by atoms with Gasteiger partial charge in [-0.25, -0.2) is 0 Å². The maximum Gasteiger partial charge on any atom is 0.258 e. The van der Waals surface area contributed by atoms with Crippen LogP contribution < -0.4 is 10.3 Å². The lowest BCUT2D eigenvalue weighted by Crippen LogP contribution is -2.09. The predicted octanol–water partition coefficient (Wildman–Crippen LogP) is 2.48. The summed E-state index contributed by atoms with van der Waals surface area (Å²) < 4.78 is 5.41. The molecule has 1 aromatic carbocycles. The van der Waals surface area contributed by atoms with Gasteiger partial charge in [0.15, 0.2) is 5.88 Å². The van der Waals surface area contributed by atoms with Gasteiger partial charge in [0.05, 0.1) is 6.61 Å². The van der Waals surface area contributed by atoms with E-state index in [0.29, 0.717) is 17.9 Å². The lowest BCUT2D eigenvalue weighted by atomic mass is 10.2. The Bertz CT molecular complexity index is 557. The Hall–Kier alpha value is -2.03. The van der Waals surface area contributed by atoms with Gasteiger partial charge in [-0.2, -0.15) is 0 Å². The summed E-state index contributed by atoms with van der Waals surface area (Å²) in [5.41, 5.74) is -0.119. The van der Waals surface area contributed by atoms with Crippen molar-refractivity contribution in [3.05, 3.63) is 53.3 Å². The van der Waals surface area contributed by atoms with Crippen LogP contribution in [-0.2, 0) is 0 Å². The number of rotatable bonds is 4. The number of pyridine rings is 1. The minimum atomic E-state index is -0.119. The summed E-state index contributed by atoms with van der Waals surface area (Å²) in [7, 11) is 0. The molecule has 0 aliphatic heterocycles. The summed E-state index contributed by atoms with van der Waals surface area (Å²) >= 11 is 0. The van der Waals surface area contributed by atoms with E-state index in [9.17, 15) is 4.79 Å². The second-order valence-electron chi connectivity index (χ2n) is 3.48. The molecule has 0 spiro atoms. The third-order valence-electron chi connectivity index (χ3n) is 2.31. The van der Waals surface area contributed by atoms with Crippen LogP contribution in [0.5, 0.6) is 5.88 Å². The maximum atomic E-state index is 11.7. The number of fused-ring (bicyclic) bond motifs is 1. The van der Waals surface area contributed by atoms with E-state index >= 15 is 0 Å². The average molecular weight is 215 g/mol. The number of aromatic amines is 1. The largest absolute Gasteiger partial charge is 0.479 e. The number of H-pyrrole nitrogens is 1. The molecule has 2 rings (SSSR count). The van der Waals surface area contributed by atoms with Crippen molar-refractivity contribution >= 4 is 10.8 Å². The molecule has 1 N–H and O–H groups in total.